The second-order valence-electron chi connectivity index (χ2n) is 5.87. The highest BCUT2D eigenvalue weighted by molar-refractivity contribution is 14.0. The van der Waals surface area contributed by atoms with Crippen molar-refractivity contribution < 1.29 is 0 Å². The fourth-order valence-corrected chi connectivity index (χ4v) is 1.84. The van der Waals surface area contributed by atoms with Crippen molar-refractivity contribution in [1.29, 1.82) is 0 Å². The van der Waals surface area contributed by atoms with Crippen LogP contribution in [0.3, 0.4) is 0 Å². The third-order valence-electron chi connectivity index (χ3n) is 2.98. The van der Waals surface area contributed by atoms with Crippen molar-refractivity contribution in [2.45, 2.75) is 33.4 Å². The normalized spacial score (nSPS) is 11.6. The molecule has 0 heterocycles. The first-order valence-electron chi connectivity index (χ1n) is 7.23. The molecule has 0 aliphatic rings. The average Bonchev–Trinajstić information content (AvgIpc) is 2.37. The fourth-order valence-electron chi connectivity index (χ4n) is 1.84. The summed E-state index contributed by atoms with van der Waals surface area (Å²) in [5, 5.41) is 3.14. The van der Waals surface area contributed by atoms with Crippen LogP contribution in [0.5, 0.6) is 0 Å². The Bertz CT molecular complexity index is 413. The number of halogens is 1. The zero-order valence-corrected chi connectivity index (χ0v) is 15.9. The Morgan fingerprint density at radius 2 is 1.76 bits per heavy atom. The quantitative estimate of drug-likeness (QED) is 0.418. The maximum atomic E-state index is 5.84. The van der Waals surface area contributed by atoms with Gasteiger partial charge in [-0.15, -0.1) is 24.0 Å². The SMILES string of the molecule is CC(C)CCNC(N)=NCc1ccc(CN(C)C)cc1.I. The average molecular weight is 404 g/mol. The van der Waals surface area contributed by atoms with Gasteiger partial charge in [0, 0.05) is 13.1 Å². The molecule has 4 nitrogen and oxygen atoms in total. The van der Waals surface area contributed by atoms with Crippen LogP contribution in [-0.4, -0.2) is 31.5 Å². The number of nitrogens with two attached hydrogens (primary N) is 1. The summed E-state index contributed by atoms with van der Waals surface area (Å²) in [5.74, 6) is 1.21. The van der Waals surface area contributed by atoms with E-state index in [4.69, 9.17) is 5.73 Å². The molecule has 0 saturated heterocycles. The van der Waals surface area contributed by atoms with Crippen molar-refractivity contribution in [2.24, 2.45) is 16.6 Å². The van der Waals surface area contributed by atoms with E-state index in [-0.39, 0.29) is 24.0 Å². The summed E-state index contributed by atoms with van der Waals surface area (Å²) >= 11 is 0. The van der Waals surface area contributed by atoms with E-state index in [1.165, 1.54) is 11.1 Å². The Labute approximate surface area is 146 Å². The summed E-state index contributed by atoms with van der Waals surface area (Å²) in [6.45, 7) is 6.87. The monoisotopic (exact) mass is 404 g/mol. The van der Waals surface area contributed by atoms with E-state index in [1.54, 1.807) is 0 Å². The van der Waals surface area contributed by atoms with Gasteiger partial charge in [0.15, 0.2) is 5.96 Å². The van der Waals surface area contributed by atoms with Gasteiger partial charge in [-0.2, -0.15) is 0 Å². The predicted octanol–water partition coefficient (Wildman–Crippen LogP) is 2.82. The van der Waals surface area contributed by atoms with Crippen LogP contribution in [0.2, 0.25) is 0 Å². The Morgan fingerprint density at radius 3 is 2.29 bits per heavy atom. The highest BCUT2D eigenvalue weighted by Gasteiger charge is 1.98. The Morgan fingerprint density at radius 1 is 1.19 bits per heavy atom. The maximum Gasteiger partial charge on any atom is 0.188 e. The lowest BCUT2D eigenvalue weighted by Gasteiger charge is -2.10. The van der Waals surface area contributed by atoms with Gasteiger partial charge in [-0.1, -0.05) is 38.1 Å². The first kappa shape index (κ1) is 20.2. The van der Waals surface area contributed by atoms with Crippen molar-refractivity contribution >= 4 is 29.9 Å². The molecule has 0 aromatic heterocycles. The molecule has 0 aliphatic carbocycles. The van der Waals surface area contributed by atoms with Crippen LogP contribution >= 0.6 is 24.0 Å². The van der Waals surface area contributed by atoms with E-state index >= 15 is 0 Å². The molecule has 120 valence electrons. The summed E-state index contributed by atoms with van der Waals surface area (Å²) in [6.07, 6.45) is 1.11. The molecule has 3 N–H and O–H groups in total. The number of benzene rings is 1. The van der Waals surface area contributed by atoms with Gasteiger partial charge < -0.3 is 16.0 Å². The van der Waals surface area contributed by atoms with Crippen LogP contribution in [0.1, 0.15) is 31.4 Å². The van der Waals surface area contributed by atoms with Crippen molar-refractivity contribution in [3.63, 3.8) is 0 Å². The number of aliphatic imine (C=N–C) groups is 1. The van der Waals surface area contributed by atoms with Gasteiger partial charge >= 0.3 is 0 Å². The molecule has 0 fully saturated rings. The summed E-state index contributed by atoms with van der Waals surface area (Å²) in [5.41, 5.74) is 8.33. The first-order chi connectivity index (χ1) is 9.47. The fraction of sp³-hybridized carbons (Fsp3) is 0.562. The molecule has 0 saturated carbocycles. The predicted molar refractivity (Wildman–Crippen MR) is 102 cm³/mol. The number of nitrogens with zero attached hydrogens (tertiary/aromatic N) is 2. The van der Waals surface area contributed by atoms with Gasteiger partial charge in [-0.05, 0) is 37.6 Å². The Hall–Kier alpha value is -0.820. The summed E-state index contributed by atoms with van der Waals surface area (Å²) in [4.78, 5) is 6.51. The van der Waals surface area contributed by atoms with Crippen LogP contribution in [0.25, 0.3) is 0 Å². The van der Waals surface area contributed by atoms with Crippen molar-refractivity contribution in [3.05, 3.63) is 35.4 Å². The summed E-state index contributed by atoms with van der Waals surface area (Å²) in [6, 6.07) is 8.52. The lowest BCUT2D eigenvalue weighted by Crippen LogP contribution is -2.32. The van der Waals surface area contributed by atoms with Crippen LogP contribution in [0.15, 0.2) is 29.3 Å². The van der Waals surface area contributed by atoms with E-state index in [0.29, 0.717) is 18.4 Å². The minimum atomic E-state index is 0. The van der Waals surface area contributed by atoms with Gasteiger partial charge in [-0.3, -0.25) is 0 Å². The zero-order chi connectivity index (χ0) is 15.0. The Kier molecular flexibility index (Phi) is 10.4. The molecule has 1 rings (SSSR count). The number of hydrogen-bond donors (Lipinski definition) is 2. The van der Waals surface area contributed by atoms with E-state index in [9.17, 15) is 0 Å². The van der Waals surface area contributed by atoms with E-state index in [1.807, 2.05) is 0 Å². The van der Waals surface area contributed by atoms with Crippen LogP contribution in [0.4, 0.5) is 0 Å². The summed E-state index contributed by atoms with van der Waals surface area (Å²) < 4.78 is 0. The number of rotatable bonds is 7. The Balaban J connectivity index is 0.00000400. The third kappa shape index (κ3) is 9.68. The second-order valence-corrected chi connectivity index (χ2v) is 5.87. The topological polar surface area (TPSA) is 53.6 Å². The van der Waals surface area contributed by atoms with Crippen molar-refractivity contribution in [2.75, 3.05) is 20.6 Å². The van der Waals surface area contributed by atoms with Gasteiger partial charge in [0.25, 0.3) is 0 Å². The highest BCUT2D eigenvalue weighted by atomic mass is 127. The molecule has 0 atom stereocenters. The standard InChI is InChI=1S/C16H28N4.HI/c1-13(2)9-10-18-16(17)19-11-14-5-7-15(8-6-14)12-20(3)4;/h5-8,13H,9-12H2,1-4H3,(H3,17,18,19);1H. The lowest BCUT2D eigenvalue weighted by molar-refractivity contribution is 0.402. The molecule has 5 heteroatoms. The summed E-state index contributed by atoms with van der Waals surface area (Å²) in [7, 11) is 4.14. The van der Waals surface area contributed by atoms with E-state index < -0.39 is 0 Å². The van der Waals surface area contributed by atoms with Crippen LogP contribution < -0.4 is 11.1 Å². The molecule has 1 aromatic rings. The van der Waals surface area contributed by atoms with Crippen LogP contribution in [0, 0.1) is 5.92 Å². The molecular formula is C16H29IN4. The molecule has 0 aliphatic heterocycles. The van der Waals surface area contributed by atoms with E-state index in [2.05, 4.69) is 67.4 Å². The second kappa shape index (κ2) is 10.8. The molecule has 0 radical (unpaired) electrons. The molecule has 0 spiro atoms. The van der Waals surface area contributed by atoms with E-state index in [0.717, 1.165) is 19.5 Å². The van der Waals surface area contributed by atoms with Gasteiger partial charge in [-0.25, -0.2) is 4.99 Å². The van der Waals surface area contributed by atoms with Gasteiger partial charge in [0.05, 0.1) is 6.54 Å². The molecule has 21 heavy (non-hydrogen) atoms. The highest BCUT2D eigenvalue weighted by Crippen LogP contribution is 2.07. The molecule has 0 amide bonds. The number of nitrogens with one attached hydrogen (secondary N) is 1. The number of guanidine groups is 1. The lowest BCUT2D eigenvalue weighted by atomic mass is 10.1. The molecule has 1 aromatic carbocycles. The largest absolute Gasteiger partial charge is 0.370 e. The number of hydrogen-bond acceptors (Lipinski definition) is 2. The van der Waals surface area contributed by atoms with Gasteiger partial charge in [0.1, 0.15) is 0 Å². The molecule has 0 unspecified atom stereocenters. The first-order valence-corrected chi connectivity index (χ1v) is 7.23. The zero-order valence-electron chi connectivity index (χ0n) is 13.6. The molecular weight excluding hydrogens is 375 g/mol. The van der Waals surface area contributed by atoms with Crippen molar-refractivity contribution in [3.8, 4) is 0 Å². The maximum absolute atomic E-state index is 5.84. The van der Waals surface area contributed by atoms with Crippen molar-refractivity contribution in [1.82, 2.24) is 10.2 Å². The smallest absolute Gasteiger partial charge is 0.188 e. The minimum Gasteiger partial charge on any atom is -0.370 e. The van der Waals surface area contributed by atoms with Gasteiger partial charge in [0.2, 0.25) is 0 Å². The van der Waals surface area contributed by atoms with Crippen LogP contribution in [-0.2, 0) is 13.1 Å². The molecule has 0 bridgehead atoms. The third-order valence-corrected chi connectivity index (χ3v) is 2.98. The minimum absolute atomic E-state index is 0.